The molecule has 1 unspecified atom stereocenters. The summed E-state index contributed by atoms with van der Waals surface area (Å²) in [7, 11) is 0. The van der Waals surface area contributed by atoms with Gasteiger partial charge in [-0.15, -0.1) is 0 Å². The van der Waals surface area contributed by atoms with E-state index in [1.165, 1.54) is 23.1 Å². The van der Waals surface area contributed by atoms with Crippen LogP contribution in [0.5, 0.6) is 0 Å². The Morgan fingerprint density at radius 2 is 1.93 bits per heavy atom. The van der Waals surface area contributed by atoms with Crippen molar-refractivity contribution in [2.24, 2.45) is 0 Å². The number of hydrogen-bond donors (Lipinski definition) is 1. The minimum absolute atomic E-state index is 0.0238. The standard InChI is InChI=1S/C23H26FN3O3/c1-4-26(5-2)12-13-27-20(18-8-6-7-11-25-18)19(22(29)23(27)30)21(28)16-9-10-17(24)15(3)14-16/h6-11,14,20,28H,4-5,12-13H2,1-3H3/b21-19-. The summed E-state index contributed by atoms with van der Waals surface area (Å²) in [5.74, 6) is -2.16. The Labute approximate surface area is 175 Å². The van der Waals surface area contributed by atoms with Crippen molar-refractivity contribution in [3.63, 3.8) is 0 Å². The topological polar surface area (TPSA) is 73.7 Å². The van der Waals surface area contributed by atoms with E-state index in [1.54, 1.807) is 31.3 Å². The Kier molecular flexibility index (Phi) is 6.62. The van der Waals surface area contributed by atoms with Crippen LogP contribution in [0.2, 0.25) is 0 Å². The molecule has 1 fully saturated rings. The number of aryl methyl sites for hydroxylation is 1. The predicted octanol–water partition coefficient (Wildman–Crippen LogP) is 3.29. The number of carbonyl (C=O) groups excluding carboxylic acids is 2. The maximum absolute atomic E-state index is 13.7. The molecule has 1 atom stereocenters. The zero-order chi connectivity index (χ0) is 21.8. The molecule has 3 rings (SSSR count). The molecule has 158 valence electrons. The van der Waals surface area contributed by atoms with Gasteiger partial charge < -0.3 is 14.9 Å². The maximum atomic E-state index is 13.7. The smallest absolute Gasteiger partial charge is 0.295 e. The van der Waals surface area contributed by atoms with Crippen LogP contribution in [0.25, 0.3) is 5.76 Å². The second kappa shape index (κ2) is 9.17. The van der Waals surface area contributed by atoms with E-state index < -0.39 is 23.5 Å². The van der Waals surface area contributed by atoms with E-state index in [4.69, 9.17) is 0 Å². The molecule has 0 aliphatic carbocycles. The number of aliphatic hydroxyl groups is 1. The minimum Gasteiger partial charge on any atom is -0.507 e. The zero-order valence-electron chi connectivity index (χ0n) is 17.4. The third kappa shape index (κ3) is 4.11. The number of hydrogen-bond acceptors (Lipinski definition) is 5. The third-order valence-electron chi connectivity index (χ3n) is 5.49. The van der Waals surface area contributed by atoms with Gasteiger partial charge in [0.2, 0.25) is 0 Å². The average Bonchev–Trinajstić information content (AvgIpc) is 3.01. The van der Waals surface area contributed by atoms with Crippen molar-refractivity contribution in [3.05, 3.63) is 70.8 Å². The molecular formula is C23H26FN3O3. The SMILES string of the molecule is CCN(CC)CCN1C(=O)C(=O)/C(=C(\O)c2ccc(F)c(C)c2)C1c1ccccn1. The predicted molar refractivity (Wildman–Crippen MR) is 112 cm³/mol. The lowest BCUT2D eigenvalue weighted by Crippen LogP contribution is -2.38. The number of aliphatic hydroxyl groups excluding tert-OH is 1. The highest BCUT2D eigenvalue weighted by Gasteiger charge is 2.46. The molecule has 1 amide bonds. The van der Waals surface area contributed by atoms with Gasteiger partial charge in [0.25, 0.3) is 11.7 Å². The number of likely N-dealkylation sites (N-methyl/N-ethyl adjacent to an activating group) is 1. The van der Waals surface area contributed by atoms with Crippen LogP contribution in [0, 0.1) is 12.7 Å². The Balaban J connectivity index is 2.09. The van der Waals surface area contributed by atoms with Gasteiger partial charge in [-0.25, -0.2) is 4.39 Å². The Morgan fingerprint density at radius 3 is 2.53 bits per heavy atom. The number of Topliss-reactive ketones (excluding diaryl/α,β-unsaturated/α-hetero) is 1. The monoisotopic (exact) mass is 411 g/mol. The van der Waals surface area contributed by atoms with E-state index in [0.717, 1.165) is 13.1 Å². The van der Waals surface area contributed by atoms with Gasteiger partial charge in [-0.1, -0.05) is 19.9 Å². The van der Waals surface area contributed by atoms with E-state index in [1.807, 2.05) is 13.8 Å². The summed E-state index contributed by atoms with van der Waals surface area (Å²) in [6.07, 6.45) is 1.59. The van der Waals surface area contributed by atoms with E-state index >= 15 is 0 Å². The zero-order valence-corrected chi connectivity index (χ0v) is 17.4. The number of carbonyl (C=O) groups is 2. The molecule has 1 N–H and O–H groups in total. The molecule has 7 heteroatoms. The molecule has 2 heterocycles. The summed E-state index contributed by atoms with van der Waals surface area (Å²) < 4.78 is 13.7. The molecule has 1 aromatic carbocycles. The Bertz CT molecular complexity index is 971. The minimum atomic E-state index is -0.799. The molecule has 30 heavy (non-hydrogen) atoms. The van der Waals surface area contributed by atoms with Crippen molar-refractivity contribution >= 4 is 17.4 Å². The molecular weight excluding hydrogens is 385 g/mol. The van der Waals surface area contributed by atoms with E-state index in [9.17, 15) is 19.1 Å². The number of amides is 1. The molecule has 1 saturated heterocycles. The molecule has 0 radical (unpaired) electrons. The van der Waals surface area contributed by atoms with E-state index in [2.05, 4.69) is 9.88 Å². The van der Waals surface area contributed by atoms with Gasteiger partial charge in [0.15, 0.2) is 0 Å². The van der Waals surface area contributed by atoms with Crippen molar-refractivity contribution in [2.75, 3.05) is 26.2 Å². The summed E-state index contributed by atoms with van der Waals surface area (Å²) in [5.41, 5.74) is 1.10. The number of likely N-dealkylation sites (tertiary alicyclic amines) is 1. The summed E-state index contributed by atoms with van der Waals surface area (Å²) >= 11 is 0. The molecule has 1 aliphatic rings. The van der Waals surface area contributed by atoms with Gasteiger partial charge >= 0.3 is 0 Å². The summed E-state index contributed by atoms with van der Waals surface area (Å²) in [4.78, 5) is 33.8. The molecule has 6 nitrogen and oxygen atoms in total. The van der Waals surface area contributed by atoms with Crippen LogP contribution in [0.1, 0.15) is 36.7 Å². The highest BCUT2D eigenvalue weighted by molar-refractivity contribution is 6.46. The molecule has 0 spiro atoms. The normalized spacial score (nSPS) is 18.4. The van der Waals surface area contributed by atoms with Crippen molar-refractivity contribution in [1.29, 1.82) is 0 Å². The van der Waals surface area contributed by atoms with Gasteiger partial charge in [-0.3, -0.25) is 14.6 Å². The van der Waals surface area contributed by atoms with Gasteiger partial charge in [0.05, 0.1) is 11.3 Å². The lowest BCUT2D eigenvalue weighted by Gasteiger charge is -2.27. The quantitative estimate of drug-likeness (QED) is 0.430. The Morgan fingerprint density at radius 1 is 1.20 bits per heavy atom. The first-order valence-corrected chi connectivity index (χ1v) is 10.1. The largest absolute Gasteiger partial charge is 0.507 e. The van der Waals surface area contributed by atoms with Crippen LogP contribution in [0.3, 0.4) is 0 Å². The number of benzene rings is 1. The van der Waals surface area contributed by atoms with Gasteiger partial charge in [-0.05, 0) is 55.9 Å². The highest BCUT2D eigenvalue weighted by atomic mass is 19.1. The van der Waals surface area contributed by atoms with Gasteiger partial charge in [0, 0.05) is 24.8 Å². The van der Waals surface area contributed by atoms with Crippen LogP contribution in [0.15, 0.2) is 48.2 Å². The number of halogens is 1. The summed E-state index contributed by atoms with van der Waals surface area (Å²) in [6.45, 7) is 8.21. The molecule has 1 aliphatic heterocycles. The third-order valence-corrected chi connectivity index (χ3v) is 5.49. The highest BCUT2D eigenvalue weighted by Crippen LogP contribution is 2.38. The lowest BCUT2D eigenvalue weighted by atomic mass is 9.97. The first-order chi connectivity index (χ1) is 14.4. The fourth-order valence-corrected chi connectivity index (χ4v) is 3.69. The van der Waals surface area contributed by atoms with E-state index in [0.29, 0.717) is 24.3 Å². The lowest BCUT2D eigenvalue weighted by molar-refractivity contribution is -0.140. The maximum Gasteiger partial charge on any atom is 0.295 e. The van der Waals surface area contributed by atoms with Crippen LogP contribution < -0.4 is 0 Å². The van der Waals surface area contributed by atoms with Crippen LogP contribution >= 0.6 is 0 Å². The molecule has 0 bridgehead atoms. The fraction of sp³-hybridized carbons (Fsp3) is 0.348. The molecule has 1 aromatic heterocycles. The molecule has 2 aromatic rings. The van der Waals surface area contributed by atoms with Crippen LogP contribution in [-0.2, 0) is 9.59 Å². The first kappa shape index (κ1) is 21.6. The summed E-state index contributed by atoms with van der Waals surface area (Å²) in [6, 6.07) is 8.54. The van der Waals surface area contributed by atoms with Crippen molar-refractivity contribution < 1.29 is 19.1 Å². The van der Waals surface area contributed by atoms with Crippen molar-refractivity contribution in [2.45, 2.75) is 26.8 Å². The second-order valence-electron chi connectivity index (χ2n) is 7.24. The number of ketones is 1. The number of aromatic nitrogens is 1. The number of nitrogens with zero attached hydrogens (tertiary/aromatic N) is 3. The molecule has 0 saturated carbocycles. The average molecular weight is 411 g/mol. The van der Waals surface area contributed by atoms with Crippen LogP contribution in [0.4, 0.5) is 4.39 Å². The fourth-order valence-electron chi connectivity index (χ4n) is 3.69. The number of pyridine rings is 1. The van der Waals surface area contributed by atoms with Crippen LogP contribution in [-0.4, -0.2) is 57.8 Å². The summed E-state index contributed by atoms with van der Waals surface area (Å²) in [5, 5.41) is 11.0. The van der Waals surface area contributed by atoms with Gasteiger partial charge in [-0.2, -0.15) is 0 Å². The van der Waals surface area contributed by atoms with Gasteiger partial charge in [0.1, 0.15) is 17.6 Å². The van der Waals surface area contributed by atoms with Crippen molar-refractivity contribution in [1.82, 2.24) is 14.8 Å². The van der Waals surface area contributed by atoms with E-state index in [-0.39, 0.29) is 16.9 Å². The second-order valence-corrected chi connectivity index (χ2v) is 7.24. The Hall–Kier alpha value is -3.06. The first-order valence-electron chi connectivity index (χ1n) is 10.1. The number of rotatable bonds is 7. The van der Waals surface area contributed by atoms with Crippen molar-refractivity contribution in [3.8, 4) is 0 Å².